The van der Waals surface area contributed by atoms with E-state index in [9.17, 15) is 17.6 Å². The average molecular weight is 459 g/mol. The molecule has 0 saturated heterocycles. The first-order valence-electron chi connectivity index (χ1n) is 9.30. The van der Waals surface area contributed by atoms with Crippen molar-refractivity contribution in [1.82, 2.24) is 4.90 Å². The molecule has 3 rings (SSSR count). The van der Waals surface area contributed by atoms with Gasteiger partial charge in [-0.25, -0.2) is 12.8 Å². The van der Waals surface area contributed by atoms with Gasteiger partial charge in [-0.1, -0.05) is 54.1 Å². The van der Waals surface area contributed by atoms with Crippen LogP contribution in [0.15, 0.2) is 83.8 Å². The monoisotopic (exact) mass is 458 g/mol. The summed E-state index contributed by atoms with van der Waals surface area (Å²) in [5, 5.41) is 0.295. The third-order valence-corrected chi connectivity index (χ3v) is 6.18. The number of amides is 1. The van der Waals surface area contributed by atoms with E-state index >= 15 is 0 Å². The molecular weight excluding hydrogens is 439 g/mol. The van der Waals surface area contributed by atoms with Crippen molar-refractivity contribution in [2.45, 2.75) is 11.4 Å². The van der Waals surface area contributed by atoms with Crippen molar-refractivity contribution in [3.05, 3.63) is 101 Å². The van der Waals surface area contributed by atoms with Crippen LogP contribution in [0.3, 0.4) is 0 Å². The van der Waals surface area contributed by atoms with Gasteiger partial charge in [0.1, 0.15) is 5.82 Å². The summed E-state index contributed by atoms with van der Waals surface area (Å²) >= 11 is 6.01. The van der Waals surface area contributed by atoms with Crippen LogP contribution in [-0.2, 0) is 21.4 Å². The molecule has 0 aliphatic carbocycles. The molecule has 8 heteroatoms. The number of para-hydroxylation sites is 1. The van der Waals surface area contributed by atoms with Crippen LogP contribution >= 0.6 is 11.6 Å². The predicted octanol–water partition coefficient (Wildman–Crippen LogP) is 4.95. The second-order valence-corrected chi connectivity index (χ2v) is 8.86. The Kier molecular flexibility index (Phi) is 7.09. The number of rotatable bonds is 7. The van der Waals surface area contributed by atoms with Crippen LogP contribution in [0, 0.1) is 5.82 Å². The zero-order valence-electron chi connectivity index (χ0n) is 16.6. The van der Waals surface area contributed by atoms with Gasteiger partial charge in [0, 0.05) is 25.2 Å². The summed E-state index contributed by atoms with van der Waals surface area (Å²) in [6, 6.07) is 18.9. The molecule has 0 fully saturated rings. The number of carbonyl (C=O) groups excluding carboxylic acids is 1. The van der Waals surface area contributed by atoms with Gasteiger partial charge in [-0.2, -0.15) is 0 Å². The highest BCUT2D eigenvalue weighted by atomic mass is 35.5. The van der Waals surface area contributed by atoms with Gasteiger partial charge >= 0.3 is 0 Å². The van der Waals surface area contributed by atoms with E-state index in [1.165, 1.54) is 29.2 Å². The number of halogens is 2. The molecule has 1 amide bonds. The Bertz CT molecular complexity index is 1210. The second-order valence-electron chi connectivity index (χ2n) is 6.77. The van der Waals surface area contributed by atoms with E-state index in [0.717, 1.165) is 0 Å². The molecule has 0 aliphatic rings. The fourth-order valence-electron chi connectivity index (χ4n) is 2.76. The maximum atomic E-state index is 13.7. The summed E-state index contributed by atoms with van der Waals surface area (Å²) in [6.07, 6.45) is 2.92. The number of nitrogens with zero attached hydrogens (tertiary/aromatic N) is 1. The van der Waals surface area contributed by atoms with Crippen molar-refractivity contribution in [2.75, 3.05) is 11.8 Å². The number of hydrogen-bond acceptors (Lipinski definition) is 3. The van der Waals surface area contributed by atoms with E-state index in [2.05, 4.69) is 4.72 Å². The number of nitrogens with one attached hydrogen (secondary N) is 1. The van der Waals surface area contributed by atoms with Crippen LogP contribution < -0.4 is 4.72 Å². The van der Waals surface area contributed by atoms with Crippen molar-refractivity contribution in [1.29, 1.82) is 0 Å². The van der Waals surface area contributed by atoms with E-state index in [4.69, 9.17) is 11.6 Å². The van der Waals surface area contributed by atoms with Crippen LogP contribution in [0.1, 0.15) is 11.1 Å². The Hall–Kier alpha value is -3.16. The smallest absolute Gasteiger partial charge is 0.261 e. The number of anilines is 1. The lowest BCUT2D eigenvalue weighted by Crippen LogP contribution is -2.24. The van der Waals surface area contributed by atoms with Gasteiger partial charge in [0.25, 0.3) is 10.0 Å². The highest BCUT2D eigenvalue weighted by molar-refractivity contribution is 7.92. The molecule has 0 aliphatic heterocycles. The Labute approximate surface area is 185 Å². The van der Waals surface area contributed by atoms with E-state index in [0.29, 0.717) is 16.1 Å². The highest BCUT2D eigenvalue weighted by Gasteiger charge is 2.15. The summed E-state index contributed by atoms with van der Waals surface area (Å²) in [6.45, 7) is 0.140. The van der Waals surface area contributed by atoms with Crippen LogP contribution in [0.25, 0.3) is 6.08 Å². The summed E-state index contributed by atoms with van der Waals surface area (Å²) in [4.78, 5) is 13.7. The molecule has 0 aromatic heterocycles. The summed E-state index contributed by atoms with van der Waals surface area (Å²) in [5.41, 5.74) is 1.35. The maximum absolute atomic E-state index is 13.7. The number of carbonyl (C=O) groups is 1. The number of hydrogen-bond donors (Lipinski definition) is 1. The van der Waals surface area contributed by atoms with Crippen molar-refractivity contribution in [3.63, 3.8) is 0 Å². The zero-order chi connectivity index (χ0) is 22.4. The highest BCUT2D eigenvalue weighted by Crippen LogP contribution is 2.24. The van der Waals surface area contributed by atoms with E-state index in [1.807, 2.05) is 0 Å². The lowest BCUT2D eigenvalue weighted by molar-refractivity contribution is -0.125. The first-order chi connectivity index (χ1) is 14.8. The molecule has 3 aromatic rings. The molecule has 0 saturated carbocycles. The molecular formula is C23H20ClFN2O3S. The fraction of sp³-hybridized carbons (Fsp3) is 0.0870. The Morgan fingerprint density at radius 1 is 1.03 bits per heavy atom. The minimum absolute atomic E-state index is 0.0626. The van der Waals surface area contributed by atoms with Gasteiger partial charge in [0.05, 0.1) is 15.6 Å². The summed E-state index contributed by atoms with van der Waals surface area (Å²) in [7, 11) is -2.23. The molecule has 1 N–H and O–H groups in total. The molecule has 0 heterocycles. The Morgan fingerprint density at radius 3 is 2.35 bits per heavy atom. The van der Waals surface area contributed by atoms with Crippen LogP contribution in [0.4, 0.5) is 10.1 Å². The number of sulfonamides is 1. The average Bonchev–Trinajstić information content (AvgIpc) is 2.75. The van der Waals surface area contributed by atoms with Crippen LogP contribution in [-0.4, -0.2) is 26.3 Å². The number of likely N-dealkylation sites (N-methyl/N-ethyl adjacent to an activating group) is 1. The van der Waals surface area contributed by atoms with Gasteiger partial charge < -0.3 is 4.90 Å². The van der Waals surface area contributed by atoms with Crippen LogP contribution in [0.5, 0.6) is 0 Å². The Balaban J connectivity index is 1.65. The van der Waals surface area contributed by atoms with E-state index < -0.39 is 10.0 Å². The Morgan fingerprint density at radius 2 is 1.68 bits per heavy atom. The molecule has 0 bridgehead atoms. The van der Waals surface area contributed by atoms with Crippen molar-refractivity contribution in [2.24, 2.45) is 0 Å². The van der Waals surface area contributed by atoms with Gasteiger partial charge in [-0.3, -0.25) is 9.52 Å². The van der Waals surface area contributed by atoms with Crippen LogP contribution in [0.2, 0.25) is 5.02 Å². The molecule has 0 unspecified atom stereocenters. The van der Waals surface area contributed by atoms with Crippen molar-refractivity contribution >= 4 is 39.3 Å². The van der Waals surface area contributed by atoms with E-state index in [-0.39, 0.29) is 28.9 Å². The normalized spacial score (nSPS) is 11.5. The minimum atomic E-state index is -3.81. The van der Waals surface area contributed by atoms with Gasteiger partial charge in [0.15, 0.2) is 0 Å². The van der Waals surface area contributed by atoms with E-state index in [1.54, 1.807) is 67.7 Å². The largest absolute Gasteiger partial charge is 0.338 e. The first kappa shape index (κ1) is 22.5. The molecule has 0 radical (unpaired) electrons. The zero-order valence-corrected chi connectivity index (χ0v) is 18.2. The third kappa shape index (κ3) is 5.93. The quantitative estimate of drug-likeness (QED) is 0.509. The molecule has 0 atom stereocenters. The molecule has 160 valence electrons. The molecule has 3 aromatic carbocycles. The number of benzene rings is 3. The topological polar surface area (TPSA) is 66.5 Å². The van der Waals surface area contributed by atoms with Gasteiger partial charge in [-0.05, 0) is 42.0 Å². The fourth-order valence-corrected chi connectivity index (χ4v) is 4.08. The predicted molar refractivity (Wildman–Crippen MR) is 121 cm³/mol. The minimum Gasteiger partial charge on any atom is -0.338 e. The third-order valence-electron chi connectivity index (χ3n) is 4.47. The lowest BCUT2D eigenvalue weighted by atomic mass is 10.2. The standard InChI is InChI=1S/C23H20ClFN2O3S/c1-27(16-18-6-2-4-8-21(18)25)23(28)15-12-17-10-13-19(14-11-17)31(29,30)26-22-9-5-3-7-20(22)24/h2-15,26H,16H2,1H3. The molecule has 0 spiro atoms. The second kappa shape index (κ2) is 9.76. The molecule has 5 nitrogen and oxygen atoms in total. The molecule has 31 heavy (non-hydrogen) atoms. The maximum Gasteiger partial charge on any atom is 0.261 e. The van der Waals surface area contributed by atoms with Gasteiger partial charge in [-0.15, -0.1) is 0 Å². The van der Waals surface area contributed by atoms with Crippen molar-refractivity contribution < 1.29 is 17.6 Å². The van der Waals surface area contributed by atoms with Crippen molar-refractivity contribution in [3.8, 4) is 0 Å². The SMILES string of the molecule is CN(Cc1ccccc1F)C(=O)C=Cc1ccc(S(=O)(=O)Nc2ccccc2Cl)cc1. The summed E-state index contributed by atoms with van der Waals surface area (Å²) < 4.78 is 41.3. The lowest BCUT2D eigenvalue weighted by Gasteiger charge is -2.15. The van der Waals surface area contributed by atoms with Gasteiger partial charge in [0.2, 0.25) is 5.91 Å². The first-order valence-corrected chi connectivity index (χ1v) is 11.2. The summed E-state index contributed by atoms with van der Waals surface area (Å²) in [5.74, 6) is -0.673.